The third-order valence-electron chi connectivity index (χ3n) is 3.68. The first-order chi connectivity index (χ1) is 13.9. The molecule has 3 aromatic heterocycles. The zero-order valence-corrected chi connectivity index (χ0v) is 18.1. The van der Waals surface area contributed by atoms with Gasteiger partial charge in [-0.15, -0.1) is 22.7 Å². The van der Waals surface area contributed by atoms with Crippen LogP contribution in [0, 0.1) is 0 Å². The largest absolute Gasteiger partial charge is 0.506 e. The van der Waals surface area contributed by atoms with Gasteiger partial charge in [-0.3, -0.25) is 4.79 Å². The van der Waals surface area contributed by atoms with E-state index >= 15 is 0 Å². The van der Waals surface area contributed by atoms with E-state index in [4.69, 9.17) is 0 Å². The molecule has 0 aliphatic rings. The van der Waals surface area contributed by atoms with Crippen molar-refractivity contribution in [3.8, 4) is 5.75 Å². The van der Waals surface area contributed by atoms with Gasteiger partial charge >= 0.3 is 6.18 Å². The molecular weight excluding hydrogens is 463 g/mol. The number of alkyl halides is 3. The molecule has 5 nitrogen and oxygen atoms in total. The van der Waals surface area contributed by atoms with Crippen LogP contribution in [0.15, 0.2) is 23.8 Å². The van der Waals surface area contributed by atoms with Gasteiger partial charge in [0.25, 0.3) is 0 Å². The summed E-state index contributed by atoms with van der Waals surface area (Å²) in [4.78, 5) is 19.3. The molecule has 0 saturated carbocycles. The van der Waals surface area contributed by atoms with Crippen LogP contribution >= 0.6 is 44.3 Å². The summed E-state index contributed by atoms with van der Waals surface area (Å²) in [5.74, 6) is 1.28. The Bertz CT molecular complexity index is 974. The van der Waals surface area contributed by atoms with Crippen LogP contribution in [0.4, 0.5) is 19.0 Å². The van der Waals surface area contributed by atoms with E-state index in [1.807, 2.05) is 11.4 Å². The third kappa shape index (κ3) is 6.00. The first-order valence-corrected chi connectivity index (χ1v) is 12.6. The number of fused-ring (bicyclic) bond motifs is 1. The van der Waals surface area contributed by atoms with Crippen molar-refractivity contribution in [2.45, 2.75) is 19.0 Å². The van der Waals surface area contributed by atoms with E-state index in [-0.39, 0.29) is 11.3 Å². The summed E-state index contributed by atoms with van der Waals surface area (Å²) >= 11 is 1.88. The molecule has 0 amide bonds. The fourth-order valence-corrected chi connectivity index (χ4v) is 6.06. The molecule has 29 heavy (non-hydrogen) atoms. The molecule has 0 atom stereocenters. The number of hydrogen-bond acceptors (Lipinski definition) is 9. The molecule has 3 rings (SSSR count). The topological polar surface area (TPSA) is 75.1 Å². The molecule has 0 spiro atoms. The number of aromatic nitrogens is 2. The van der Waals surface area contributed by atoms with Crippen LogP contribution in [0.2, 0.25) is 0 Å². The highest BCUT2D eigenvalue weighted by atomic mass is 33.1. The van der Waals surface area contributed by atoms with Crippen molar-refractivity contribution in [3.63, 3.8) is 0 Å². The third-order valence-corrected chi connectivity index (χ3v) is 8.29. The first kappa shape index (κ1) is 22.2. The summed E-state index contributed by atoms with van der Waals surface area (Å²) in [6, 6.07) is 2.55. The van der Waals surface area contributed by atoms with E-state index in [1.165, 1.54) is 6.33 Å². The summed E-state index contributed by atoms with van der Waals surface area (Å²) in [5, 5.41) is 14.8. The van der Waals surface area contributed by atoms with Gasteiger partial charge in [0.2, 0.25) is 0 Å². The number of rotatable bonds is 10. The van der Waals surface area contributed by atoms with Gasteiger partial charge in [0.15, 0.2) is 5.78 Å². The van der Waals surface area contributed by atoms with E-state index in [0.29, 0.717) is 29.6 Å². The maximum Gasteiger partial charge on any atom is 0.425 e. The SMILES string of the molecule is O=C(CCCSSCCNc1ncnc2ccsc12)c1sc(C(F)(F)F)cc1O. The Morgan fingerprint density at radius 2 is 2.03 bits per heavy atom. The van der Waals surface area contributed by atoms with Gasteiger partial charge in [-0.2, -0.15) is 13.2 Å². The smallest absolute Gasteiger partial charge is 0.425 e. The summed E-state index contributed by atoms with van der Waals surface area (Å²) in [6.07, 6.45) is -2.39. The second-order valence-electron chi connectivity index (χ2n) is 5.78. The van der Waals surface area contributed by atoms with Crippen molar-refractivity contribution in [2.24, 2.45) is 0 Å². The molecule has 0 aliphatic carbocycles. The summed E-state index contributed by atoms with van der Waals surface area (Å²) < 4.78 is 38.9. The van der Waals surface area contributed by atoms with E-state index in [9.17, 15) is 23.1 Å². The molecule has 0 unspecified atom stereocenters. The minimum Gasteiger partial charge on any atom is -0.506 e. The average Bonchev–Trinajstić information content (AvgIpc) is 3.30. The van der Waals surface area contributed by atoms with Crippen LogP contribution in [0.5, 0.6) is 5.75 Å². The van der Waals surface area contributed by atoms with Gasteiger partial charge in [0, 0.05) is 30.5 Å². The zero-order chi connectivity index (χ0) is 20.9. The number of anilines is 1. The predicted molar refractivity (Wildman–Crippen MR) is 115 cm³/mol. The Kier molecular flexibility index (Phi) is 7.66. The number of nitrogens with one attached hydrogen (secondary N) is 1. The summed E-state index contributed by atoms with van der Waals surface area (Å²) in [6.45, 7) is 0.726. The van der Waals surface area contributed by atoms with Gasteiger partial charge in [-0.1, -0.05) is 21.6 Å². The fraction of sp³-hybridized carbons (Fsp3) is 0.353. The lowest BCUT2D eigenvalue weighted by atomic mass is 10.2. The molecule has 0 bridgehead atoms. The van der Waals surface area contributed by atoms with Gasteiger partial charge in [0.1, 0.15) is 27.6 Å². The molecule has 3 heterocycles. The molecular formula is C17H16F3N3O2S4. The molecule has 12 heteroatoms. The number of aromatic hydroxyl groups is 1. The molecule has 2 N–H and O–H groups in total. The Morgan fingerprint density at radius 1 is 1.24 bits per heavy atom. The van der Waals surface area contributed by atoms with Crippen LogP contribution in [0.1, 0.15) is 27.4 Å². The number of thiophene rings is 2. The molecule has 3 aromatic rings. The number of ketones is 1. The molecule has 0 radical (unpaired) electrons. The monoisotopic (exact) mass is 479 g/mol. The quantitative estimate of drug-likeness (QED) is 0.212. The predicted octanol–water partition coefficient (Wildman–Crippen LogP) is 5.93. The number of carbonyl (C=O) groups is 1. The Labute approximate surface area is 180 Å². The van der Waals surface area contributed by atoms with Gasteiger partial charge in [0.05, 0.1) is 10.2 Å². The van der Waals surface area contributed by atoms with Crippen molar-refractivity contribution in [3.05, 3.63) is 33.6 Å². The molecule has 156 valence electrons. The van der Waals surface area contributed by atoms with E-state index < -0.39 is 22.6 Å². The van der Waals surface area contributed by atoms with E-state index in [2.05, 4.69) is 15.3 Å². The Balaban J connectivity index is 1.32. The molecule has 0 saturated heterocycles. The molecule has 0 fully saturated rings. The number of nitrogens with zero attached hydrogens (tertiary/aromatic N) is 2. The van der Waals surface area contributed by atoms with Crippen molar-refractivity contribution >= 4 is 66.1 Å². The normalized spacial score (nSPS) is 11.8. The second kappa shape index (κ2) is 10.0. The first-order valence-electron chi connectivity index (χ1n) is 8.46. The number of carbonyl (C=O) groups excluding carboxylic acids is 1. The van der Waals surface area contributed by atoms with Crippen LogP contribution in [-0.4, -0.2) is 38.9 Å². The Hall–Kier alpha value is -1.50. The summed E-state index contributed by atoms with van der Waals surface area (Å²) in [5.41, 5.74) is 0.915. The highest BCUT2D eigenvalue weighted by molar-refractivity contribution is 8.76. The summed E-state index contributed by atoms with van der Waals surface area (Å²) in [7, 11) is 3.25. The highest BCUT2D eigenvalue weighted by Crippen LogP contribution is 2.40. The Morgan fingerprint density at radius 3 is 2.79 bits per heavy atom. The van der Waals surface area contributed by atoms with Crippen molar-refractivity contribution < 1.29 is 23.1 Å². The van der Waals surface area contributed by atoms with Crippen molar-refractivity contribution in [1.29, 1.82) is 0 Å². The maximum atomic E-state index is 12.6. The van der Waals surface area contributed by atoms with E-state index in [0.717, 1.165) is 28.3 Å². The van der Waals surface area contributed by atoms with E-state index in [1.54, 1.807) is 32.9 Å². The second-order valence-corrected chi connectivity index (χ2v) is 10.4. The number of hydrogen-bond donors (Lipinski definition) is 2. The number of halogens is 3. The van der Waals surface area contributed by atoms with Crippen molar-refractivity contribution in [2.75, 3.05) is 23.4 Å². The van der Waals surface area contributed by atoms with Crippen LogP contribution in [0.25, 0.3) is 10.2 Å². The average molecular weight is 480 g/mol. The van der Waals surface area contributed by atoms with Crippen LogP contribution in [0.3, 0.4) is 0 Å². The minimum atomic E-state index is -4.55. The standard InChI is InChI=1S/C17H16F3N3O2S4/c18-17(19,20)13-8-12(25)15(29-13)11(24)2-1-5-27-28-7-4-21-16-14-10(3-6-26-14)22-9-23-16/h3,6,8-9,25H,1-2,4-5,7H2,(H,21,22,23). The minimum absolute atomic E-state index is 0.106. The molecule has 0 aliphatic heterocycles. The van der Waals surface area contributed by atoms with Crippen LogP contribution < -0.4 is 5.32 Å². The van der Waals surface area contributed by atoms with Gasteiger partial charge in [-0.25, -0.2) is 9.97 Å². The maximum absolute atomic E-state index is 12.6. The zero-order valence-electron chi connectivity index (χ0n) is 14.9. The lowest BCUT2D eigenvalue weighted by Gasteiger charge is -2.05. The highest BCUT2D eigenvalue weighted by Gasteiger charge is 2.34. The van der Waals surface area contributed by atoms with Crippen LogP contribution in [-0.2, 0) is 6.18 Å². The lowest BCUT2D eigenvalue weighted by Crippen LogP contribution is -2.05. The fourth-order valence-electron chi connectivity index (χ4n) is 2.37. The van der Waals surface area contributed by atoms with Crippen molar-refractivity contribution in [1.82, 2.24) is 9.97 Å². The lowest BCUT2D eigenvalue weighted by molar-refractivity contribution is -0.134. The molecule has 0 aromatic carbocycles. The van der Waals surface area contributed by atoms with Gasteiger partial charge < -0.3 is 10.4 Å². The van der Waals surface area contributed by atoms with Gasteiger partial charge in [-0.05, 0) is 17.9 Å². The number of Topliss-reactive ketones (excluding diaryl/α,β-unsaturated/α-hetero) is 1.